The molecule has 3 nitrogen and oxygen atoms in total. The van der Waals surface area contributed by atoms with Crippen LogP contribution in [0.1, 0.15) is 0 Å². The van der Waals surface area contributed by atoms with Gasteiger partial charge >= 0.3 is 0 Å². The molecule has 0 saturated heterocycles. The minimum Gasteiger partial charge on any atom is -0.455 e. The standard InChI is InChI=1S/C30H18N2O/c1-2-9-19(10-3-1)28-29(32-26-15-6-5-14-25(26)31-28)22-12-8-13-23-20(22)17-18-24-21-11-4-7-16-27(21)33-30(23)24/h1-18H. The molecule has 5 aromatic carbocycles. The molecule has 0 aliphatic rings. The van der Waals surface area contributed by atoms with Crippen LogP contribution in [-0.4, -0.2) is 9.97 Å². The summed E-state index contributed by atoms with van der Waals surface area (Å²) in [5, 5.41) is 4.44. The van der Waals surface area contributed by atoms with Gasteiger partial charge in [-0.25, -0.2) is 9.97 Å². The largest absolute Gasteiger partial charge is 0.455 e. The molecule has 7 rings (SSSR count). The summed E-state index contributed by atoms with van der Waals surface area (Å²) in [6.07, 6.45) is 0. The quantitative estimate of drug-likeness (QED) is 0.283. The fourth-order valence-corrected chi connectivity index (χ4v) is 4.73. The molecule has 2 heterocycles. The van der Waals surface area contributed by atoms with Crippen LogP contribution >= 0.6 is 0 Å². The van der Waals surface area contributed by atoms with E-state index in [1.165, 1.54) is 0 Å². The van der Waals surface area contributed by atoms with Gasteiger partial charge in [-0.15, -0.1) is 0 Å². The highest BCUT2D eigenvalue weighted by molar-refractivity contribution is 6.17. The van der Waals surface area contributed by atoms with Crippen LogP contribution in [0.2, 0.25) is 0 Å². The lowest BCUT2D eigenvalue weighted by atomic mass is 9.96. The maximum Gasteiger partial charge on any atom is 0.143 e. The number of para-hydroxylation sites is 3. The van der Waals surface area contributed by atoms with Crippen LogP contribution in [0.15, 0.2) is 114 Å². The first-order chi connectivity index (χ1) is 16.4. The maximum atomic E-state index is 6.31. The van der Waals surface area contributed by atoms with Gasteiger partial charge in [0.1, 0.15) is 11.2 Å². The van der Waals surface area contributed by atoms with Gasteiger partial charge < -0.3 is 4.42 Å². The normalized spacial score (nSPS) is 11.6. The van der Waals surface area contributed by atoms with Crippen molar-refractivity contribution in [2.24, 2.45) is 0 Å². The summed E-state index contributed by atoms with van der Waals surface area (Å²) < 4.78 is 6.31. The smallest absolute Gasteiger partial charge is 0.143 e. The molecule has 0 atom stereocenters. The molecule has 3 heteroatoms. The van der Waals surface area contributed by atoms with Gasteiger partial charge in [0.05, 0.1) is 22.4 Å². The van der Waals surface area contributed by atoms with Crippen molar-refractivity contribution >= 4 is 43.7 Å². The number of rotatable bonds is 2. The number of aromatic nitrogens is 2. The number of benzene rings is 5. The highest BCUT2D eigenvalue weighted by Gasteiger charge is 2.17. The molecule has 2 aromatic heterocycles. The van der Waals surface area contributed by atoms with E-state index >= 15 is 0 Å². The van der Waals surface area contributed by atoms with Gasteiger partial charge in [0, 0.05) is 27.3 Å². The second-order valence-corrected chi connectivity index (χ2v) is 8.22. The highest BCUT2D eigenvalue weighted by Crippen LogP contribution is 2.39. The topological polar surface area (TPSA) is 38.9 Å². The zero-order chi connectivity index (χ0) is 21.8. The lowest BCUT2D eigenvalue weighted by Gasteiger charge is -2.13. The van der Waals surface area contributed by atoms with Crippen molar-refractivity contribution in [3.05, 3.63) is 109 Å². The predicted octanol–water partition coefficient (Wildman–Crippen LogP) is 8.02. The summed E-state index contributed by atoms with van der Waals surface area (Å²) in [5.41, 5.74) is 7.44. The van der Waals surface area contributed by atoms with Gasteiger partial charge in [-0.3, -0.25) is 0 Å². The number of furan rings is 1. The van der Waals surface area contributed by atoms with E-state index in [-0.39, 0.29) is 0 Å². The van der Waals surface area contributed by atoms with Gasteiger partial charge in [-0.2, -0.15) is 0 Å². The van der Waals surface area contributed by atoms with Gasteiger partial charge in [-0.05, 0) is 29.7 Å². The lowest BCUT2D eigenvalue weighted by Crippen LogP contribution is -1.96. The third-order valence-corrected chi connectivity index (χ3v) is 6.27. The Labute approximate surface area is 190 Å². The van der Waals surface area contributed by atoms with E-state index < -0.39 is 0 Å². The second kappa shape index (κ2) is 7.01. The van der Waals surface area contributed by atoms with Crippen molar-refractivity contribution in [1.82, 2.24) is 9.97 Å². The Morgan fingerprint density at radius 3 is 1.94 bits per heavy atom. The third kappa shape index (κ3) is 2.76. The molecule has 154 valence electrons. The van der Waals surface area contributed by atoms with Crippen molar-refractivity contribution in [2.75, 3.05) is 0 Å². The van der Waals surface area contributed by atoms with Crippen LogP contribution in [0.5, 0.6) is 0 Å². The number of hydrogen-bond acceptors (Lipinski definition) is 3. The van der Waals surface area contributed by atoms with E-state index in [1.54, 1.807) is 0 Å². The van der Waals surface area contributed by atoms with Gasteiger partial charge in [-0.1, -0.05) is 84.9 Å². The average Bonchev–Trinajstić information content (AvgIpc) is 3.27. The summed E-state index contributed by atoms with van der Waals surface area (Å²) in [5.74, 6) is 0. The van der Waals surface area contributed by atoms with Crippen LogP contribution in [0, 0.1) is 0 Å². The fraction of sp³-hybridized carbons (Fsp3) is 0. The molecule has 0 aliphatic heterocycles. The van der Waals surface area contributed by atoms with Crippen LogP contribution in [-0.2, 0) is 0 Å². The zero-order valence-electron chi connectivity index (χ0n) is 17.7. The van der Waals surface area contributed by atoms with Crippen LogP contribution in [0.25, 0.3) is 66.3 Å². The van der Waals surface area contributed by atoms with E-state index in [0.29, 0.717) is 0 Å². The maximum absolute atomic E-state index is 6.31. The molecule has 0 radical (unpaired) electrons. The number of fused-ring (bicyclic) bond motifs is 6. The van der Waals surface area contributed by atoms with E-state index in [2.05, 4.69) is 54.6 Å². The minimum atomic E-state index is 0.876. The van der Waals surface area contributed by atoms with Gasteiger partial charge in [0.25, 0.3) is 0 Å². The average molecular weight is 422 g/mol. The highest BCUT2D eigenvalue weighted by atomic mass is 16.3. The molecular formula is C30H18N2O. The summed E-state index contributed by atoms with van der Waals surface area (Å²) in [4.78, 5) is 10.1. The first-order valence-corrected chi connectivity index (χ1v) is 11.0. The molecule has 0 bridgehead atoms. The van der Waals surface area contributed by atoms with Crippen molar-refractivity contribution in [3.8, 4) is 22.5 Å². The Kier molecular flexibility index (Phi) is 3.84. The fourth-order valence-electron chi connectivity index (χ4n) is 4.73. The predicted molar refractivity (Wildman–Crippen MR) is 135 cm³/mol. The first-order valence-electron chi connectivity index (χ1n) is 11.0. The third-order valence-electron chi connectivity index (χ3n) is 6.27. The Hall–Kier alpha value is -4.50. The van der Waals surface area contributed by atoms with Crippen molar-refractivity contribution in [2.45, 2.75) is 0 Å². The molecular weight excluding hydrogens is 404 g/mol. The summed E-state index contributed by atoms with van der Waals surface area (Å²) in [6.45, 7) is 0. The van der Waals surface area contributed by atoms with E-state index in [1.807, 2.05) is 54.6 Å². The van der Waals surface area contributed by atoms with E-state index in [0.717, 1.165) is 66.3 Å². The summed E-state index contributed by atoms with van der Waals surface area (Å²) >= 11 is 0. The molecule has 0 saturated carbocycles. The van der Waals surface area contributed by atoms with Crippen LogP contribution < -0.4 is 0 Å². The molecule has 0 unspecified atom stereocenters. The summed E-state index contributed by atoms with van der Waals surface area (Å²) in [6, 6.07) is 37.2. The monoisotopic (exact) mass is 422 g/mol. The Balaban J connectivity index is 1.58. The van der Waals surface area contributed by atoms with Crippen LogP contribution in [0.4, 0.5) is 0 Å². The second-order valence-electron chi connectivity index (χ2n) is 8.22. The minimum absolute atomic E-state index is 0.876. The molecule has 0 N–H and O–H groups in total. The Morgan fingerprint density at radius 1 is 0.455 bits per heavy atom. The van der Waals surface area contributed by atoms with Crippen molar-refractivity contribution in [1.29, 1.82) is 0 Å². The van der Waals surface area contributed by atoms with Crippen LogP contribution in [0.3, 0.4) is 0 Å². The van der Waals surface area contributed by atoms with E-state index in [9.17, 15) is 0 Å². The lowest BCUT2D eigenvalue weighted by molar-refractivity contribution is 0.672. The van der Waals surface area contributed by atoms with Crippen molar-refractivity contribution in [3.63, 3.8) is 0 Å². The van der Waals surface area contributed by atoms with Gasteiger partial charge in [0.2, 0.25) is 0 Å². The van der Waals surface area contributed by atoms with E-state index in [4.69, 9.17) is 14.4 Å². The molecule has 0 aliphatic carbocycles. The van der Waals surface area contributed by atoms with Crippen molar-refractivity contribution < 1.29 is 4.42 Å². The summed E-state index contributed by atoms with van der Waals surface area (Å²) in [7, 11) is 0. The number of nitrogens with zero attached hydrogens (tertiary/aromatic N) is 2. The first kappa shape index (κ1) is 18.1. The SMILES string of the molecule is c1ccc(-c2nc3ccccc3nc2-c2cccc3c2ccc2c4ccccc4oc32)cc1. The molecule has 0 fully saturated rings. The molecule has 0 spiro atoms. The number of hydrogen-bond donors (Lipinski definition) is 0. The van der Waals surface area contributed by atoms with Gasteiger partial charge in [0.15, 0.2) is 0 Å². The molecule has 0 amide bonds. The Bertz CT molecular complexity index is 1820. The molecule has 33 heavy (non-hydrogen) atoms. The molecule has 7 aromatic rings. The Morgan fingerprint density at radius 2 is 1.09 bits per heavy atom. The zero-order valence-corrected chi connectivity index (χ0v) is 17.7.